The van der Waals surface area contributed by atoms with Crippen LogP contribution in [-0.4, -0.2) is 22.0 Å². The van der Waals surface area contributed by atoms with E-state index in [-0.39, 0.29) is 12.5 Å². The highest BCUT2D eigenvalue weighted by Crippen LogP contribution is 2.19. The van der Waals surface area contributed by atoms with Gasteiger partial charge in [-0.3, -0.25) is 9.36 Å². The van der Waals surface area contributed by atoms with Gasteiger partial charge < -0.3 is 10.6 Å². The lowest BCUT2D eigenvalue weighted by Crippen LogP contribution is -2.30. The maximum Gasteiger partial charge on any atom is 0.350 e. The van der Waals surface area contributed by atoms with E-state index in [9.17, 15) is 9.59 Å². The van der Waals surface area contributed by atoms with Crippen molar-refractivity contribution in [3.8, 4) is 0 Å². The van der Waals surface area contributed by atoms with Crippen LogP contribution >= 0.6 is 0 Å². The number of hydrogen-bond donors (Lipinski definition) is 2. The minimum Gasteiger partial charge on any atom is -0.369 e. The molecule has 1 amide bonds. The fourth-order valence-corrected chi connectivity index (χ4v) is 2.86. The van der Waals surface area contributed by atoms with Crippen molar-refractivity contribution in [2.45, 2.75) is 26.8 Å². The van der Waals surface area contributed by atoms with Gasteiger partial charge in [-0.05, 0) is 36.6 Å². The molecular weight excluding hydrogens is 340 g/mol. The zero-order valence-electron chi connectivity index (χ0n) is 15.6. The molecule has 27 heavy (non-hydrogen) atoms. The first-order chi connectivity index (χ1) is 13.0. The topological polar surface area (TPSA) is 76.0 Å². The standard InChI is InChI=1S/C21H24N4O2/c1-15(2)12-13-22-20-17-10-6-7-11-18(17)25(21(27)24-20)14-19(26)23-16-8-4-3-5-9-16/h3-11,15H,12-14H2,1-2H3,(H,23,26)(H,22,24,27). The molecule has 0 saturated carbocycles. The van der Waals surface area contributed by atoms with E-state index in [0.29, 0.717) is 22.9 Å². The Bertz CT molecular complexity index is 980. The number of anilines is 2. The smallest absolute Gasteiger partial charge is 0.350 e. The Kier molecular flexibility index (Phi) is 5.86. The molecule has 6 nitrogen and oxygen atoms in total. The molecule has 0 saturated heterocycles. The van der Waals surface area contributed by atoms with Crippen LogP contribution < -0.4 is 16.3 Å². The molecular formula is C21H24N4O2. The van der Waals surface area contributed by atoms with Crippen molar-refractivity contribution in [1.29, 1.82) is 0 Å². The quantitative estimate of drug-likeness (QED) is 0.673. The van der Waals surface area contributed by atoms with Crippen LogP contribution in [0.15, 0.2) is 59.4 Å². The zero-order chi connectivity index (χ0) is 19.2. The maximum atomic E-state index is 12.6. The van der Waals surface area contributed by atoms with E-state index in [1.54, 1.807) is 12.1 Å². The van der Waals surface area contributed by atoms with Crippen LogP contribution in [0.5, 0.6) is 0 Å². The molecule has 0 unspecified atom stereocenters. The summed E-state index contributed by atoms with van der Waals surface area (Å²) in [4.78, 5) is 29.1. The van der Waals surface area contributed by atoms with Gasteiger partial charge in [0.25, 0.3) is 0 Å². The molecule has 0 radical (unpaired) electrons. The molecule has 0 aliphatic rings. The Hall–Kier alpha value is -3.15. The lowest BCUT2D eigenvalue weighted by Gasteiger charge is -2.14. The van der Waals surface area contributed by atoms with Crippen LogP contribution in [0, 0.1) is 5.92 Å². The van der Waals surface area contributed by atoms with Crippen molar-refractivity contribution in [3.05, 3.63) is 65.1 Å². The van der Waals surface area contributed by atoms with E-state index in [1.807, 2.05) is 42.5 Å². The van der Waals surface area contributed by atoms with Crippen LogP contribution in [0.2, 0.25) is 0 Å². The van der Waals surface area contributed by atoms with Crippen LogP contribution in [0.25, 0.3) is 10.9 Å². The Morgan fingerprint density at radius 1 is 1.07 bits per heavy atom. The van der Waals surface area contributed by atoms with E-state index in [1.165, 1.54) is 4.57 Å². The van der Waals surface area contributed by atoms with Gasteiger partial charge in [0.2, 0.25) is 5.91 Å². The molecule has 2 aromatic carbocycles. The first kappa shape index (κ1) is 18.6. The van der Waals surface area contributed by atoms with Gasteiger partial charge in [-0.2, -0.15) is 4.98 Å². The van der Waals surface area contributed by atoms with E-state index < -0.39 is 5.69 Å². The summed E-state index contributed by atoms with van der Waals surface area (Å²) < 4.78 is 1.40. The predicted molar refractivity (Wildman–Crippen MR) is 109 cm³/mol. The number of hydrogen-bond acceptors (Lipinski definition) is 4. The molecule has 0 atom stereocenters. The summed E-state index contributed by atoms with van der Waals surface area (Å²) in [7, 11) is 0. The first-order valence-corrected chi connectivity index (χ1v) is 9.13. The number of carbonyl (C=O) groups is 1. The minimum atomic E-state index is -0.441. The lowest BCUT2D eigenvalue weighted by atomic mass is 10.1. The highest BCUT2D eigenvalue weighted by Gasteiger charge is 2.13. The van der Waals surface area contributed by atoms with Gasteiger partial charge in [0, 0.05) is 17.6 Å². The molecule has 3 aromatic rings. The summed E-state index contributed by atoms with van der Waals surface area (Å²) in [5.41, 5.74) is 0.941. The van der Waals surface area contributed by atoms with Gasteiger partial charge in [0.05, 0.1) is 5.52 Å². The van der Waals surface area contributed by atoms with E-state index >= 15 is 0 Å². The Morgan fingerprint density at radius 3 is 2.52 bits per heavy atom. The third-order valence-electron chi connectivity index (χ3n) is 4.26. The van der Waals surface area contributed by atoms with E-state index in [4.69, 9.17) is 0 Å². The van der Waals surface area contributed by atoms with E-state index in [0.717, 1.165) is 18.4 Å². The van der Waals surface area contributed by atoms with Gasteiger partial charge >= 0.3 is 5.69 Å². The number of rotatable bonds is 7. The summed E-state index contributed by atoms with van der Waals surface area (Å²) in [5, 5.41) is 6.88. The molecule has 1 aromatic heterocycles. The lowest BCUT2D eigenvalue weighted by molar-refractivity contribution is -0.116. The van der Waals surface area contributed by atoms with Crippen LogP contribution in [0.4, 0.5) is 11.5 Å². The number of benzene rings is 2. The molecule has 2 N–H and O–H groups in total. The first-order valence-electron chi connectivity index (χ1n) is 9.13. The van der Waals surface area contributed by atoms with Crippen molar-refractivity contribution in [2.75, 3.05) is 17.2 Å². The molecule has 6 heteroatoms. The van der Waals surface area contributed by atoms with Crippen molar-refractivity contribution in [2.24, 2.45) is 5.92 Å². The van der Waals surface area contributed by atoms with Crippen LogP contribution in [-0.2, 0) is 11.3 Å². The second-order valence-corrected chi connectivity index (χ2v) is 6.87. The predicted octanol–water partition coefficient (Wildman–Crippen LogP) is 3.49. The van der Waals surface area contributed by atoms with E-state index in [2.05, 4.69) is 29.5 Å². The zero-order valence-corrected chi connectivity index (χ0v) is 15.6. The molecule has 0 bridgehead atoms. The highest BCUT2D eigenvalue weighted by molar-refractivity contribution is 5.93. The summed E-state index contributed by atoms with van der Waals surface area (Å²) in [6.07, 6.45) is 0.985. The third-order valence-corrected chi connectivity index (χ3v) is 4.26. The van der Waals surface area contributed by atoms with Crippen LogP contribution in [0.3, 0.4) is 0 Å². The monoisotopic (exact) mass is 364 g/mol. The number of amides is 1. The number of fused-ring (bicyclic) bond motifs is 1. The molecule has 1 heterocycles. The third kappa shape index (κ3) is 4.73. The highest BCUT2D eigenvalue weighted by atomic mass is 16.2. The Balaban J connectivity index is 1.86. The Labute approximate surface area is 158 Å². The van der Waals surface area contributed by atoms with Gasteiger partial charge in [0.1, 0.15) is 12.4 Å². The number of carbonyl (C=O) groups excluding carboxylic acids is 1. The van der Waals surface area contributed by atoms with Gasteiger partial charge in [0.15, 0.2) is 0 Å². The van der Waals surface area contributed by atoms with Crippen molar-refractivity contribution >= 4 is 28.3 Å². The van der Waals surface area contributed by atoms with Crippen molar-refractivity contribution < 1.29 is 4.79 Å². The number of nitrogens with one attached hydrogen (secondary N) is 2. The normalized spacial score (nSPS) is 10.9. The maximum absolute atomic E-state index is 12.6. The second-order valence-electron chi connectivity index (χ2n) is 6.87. The second kappa shape index (κ2) is 8.49. The molecule has 140 valence electrons. The average Bonchev–Trinajstić information content (AvgIpc) is 2.65. The van der Waals surface area contributed by atoms with Crippen molar-refractivity contribution in [1.82, 2.24) is 9.55 Å². The summed E-state index contributed by atoms with van der Waals surface area (Å²) in [6.45, 7) is 4.95. The summed E-state index contributed by atoms with van der Waals surface area (Å²) in [6, 6.07) is 16.7. The number of para-hydroxylation sites is 2. The van der Waals surface area contributed by atoms with Crippen LogP contribution in [0.1, 0.15) is 20.3 Å². The largest absolute Gasteiger partial charge is 0.369 e. The SMILES string of the molecule is CC(C)CCNc1nc(=O)n(CC(=O)Nc2ccccc2)c2ccccc12. The average molecular weight is 364 g/mol. The van der Waals surface area contributed by atoms with Crippen molar-refractivity contribution in [3.63, 3.8) is 0 Å². The number of nitrogens with zero attached hydrogens (tertiary/aromatic N) is 2. The van der Waals surface area contributed by atoms with Gasteiger partial charge in [-0.15, -0.1) is 0 Å². The minimum absolute atomic E-state index is 0.0898. The van der Waals surface area contributed by atoms with Gasteiger partial charge in [-0.1, -0.05) is 44.2 Å². The van der Waals surface area contributed by atoms with Gasteiger partial charge in [-0.25, -0.2) is 4.79 Å². The number of aromatic nitrogens is 2. The molecule has 0 fully saturated rings. The summed E-state index contributed by atoms with van der Waals surface area (Å²) >= 11 is 0. The fourth-order valence-electron chi connectivity index (χ4n) is 2.86. The fraction of sp³-hybridized carbons (Fsp3) is 0.286. The molecule has 0 aliphatic carbocycles. The Morgan fingerprint density at radius 2 is 1.78 bits per heavy atom. The summed E-state index contributed by atoms with van der Waals surface area (Å²) in [5.74, 6) is 0.859. The molecule has 3 rings (SSSR count). The molecule has 0 spiro atoms. The molecule has 0 aliphatic heterocycles.